The van der Waals surface area contributed by atoms with Crippen molar-refractivity contribution in [2.45, 2.75) is 83.0 Å². The Bertz CT molecular complexity index is 2450. The Hall–Kier alpha value is -5.74. The van der Waals surface area contributed by atoms with Crippen LogP contribution in [0.1, 0.15) is 85.4 Å². The number of carbonyl (C=O) groups excluding carboxylic acids is 3. The minimum absolute atomic E-state index is 0.0639. The Kier molecular flexibility index (Phi) is 12.7. The Morgan fingerprint density at radius 3 is 2.51 bits per heavy atom. The van der Waals surface area contributed by atoms with E-state index in [0.29, 0.717) is 38.2 Å². The maximum absolute atomic E-state index is 13.2. The summed E-state index contributed by atoms with van der Waals surface area (Å²) in [5.74, 6) is -0.157. The van der Waals surface area contributed by atoms with Crippen LogP contribution in [0.15, 0.2) is 59.7 Å². The van der Waals surface area contributed by atoms with E-state index in [2.05, 4.69) is 60.8 Å². The van der Waals surface area contributed by atoms with E-state index in [4.69, 9.17) is 0 Å². The highest BCUT2D eigenvalue weighted by Gasteiger charge is 2.31. The number of amides is 3. The van der Waals surface area contributed by atoms with Crippen LogP contribution in [-0.4, -0.2) is 133 Å². The monoisotopic (exact) mass is 833 g/mol. The molecule has 6 heterocycles. The molecule has 2 aromatic carbocycles. The van der Waals surface area contributed by atoms with Gasteiger partial charge in [0.05, 0.1) is 29.8 Å². The van der Waals surface area contributed by atoms with E-state index >= 15 is 0 Å². The number of rotatable bonds is 15. The number of carbonyl (C=O) groups is 3. The number of hydrogen-bond donors (Lipinski definition) is 3. The van der Waals surface area contributed by atoms with E-state index in [1.54, 1.807) is 52.3 Å². The molecule has 3 aromatic heterocycles. The molecule has 0 aliphatic carbocycles. The zero-order valence-corrected chi connectivity index (χ0v) is 35.7. The van der Waals surface area contributed by atoms with Crippen molar-refractivity contribution in [1.29, 1.82) is 0 Å². The number of H-pyrrole nitrogens is 1. The molecule has 16 nitrogen and oxygen atoms in total. The van der Waals surface area contributed by atoms with E-state index in [-0.39, 0.29) is 29.8 Å². The van der Waals surface area contributed by atoms with Crippen molar-refractivity contribution in [3.05, 3.63) is 82.2 Å². The molecule has 3 aliphatic rings. The molecule has 3 amide bonds. The van der Waals surface area contributed by atoms with Gasteiger partial charge < -0.3 is 30.1 Å². The van der Waals surface area contributed by atoms with Crippen LogP contribution in [0.25, 0.3) is 27.5 Å². The number of benzene rings is 2. The smallest absolute Gasteiger partial charge is 0.329 e. The maximum Gasteiger partial charge on any atom is 0.329 e. The number of piperidine rings is 1. The number of aromatic amines is 1. The van der Waals surface area contributed by atoms with Crippen molar-refractivity contribution in [3.63, 3.8) is 0 Å². The third-order valence-electron chi connectivity index (χ3n) is 12.7. The molecular weight excluding hydrogens is 775 g/mol. The number of unbranched alkanes of at least 4 members (excludes halogenated alkanes) is 4. The summed E-state index contributed by atoms with van der Waals surface area (Å²) in [5.41, 5.74) is 7.45. The Labute approximate surface area is 355 Å². The number of aliphatic hydroxyl groups is 1. The van der Waals surface area contributed by atoms with Crippen LogP contribution in [0.2, 0.25) is 0 Å². The average Bonchev–Trinajstić information content (AvgIpc) is 4.01. The summed E-state index contributed by atoms with van der Waals surface area (Å²) in [6, 6.07) is 12.0. The SMILES string of the molecule is CN(C)C(=O)c1cc2c(N3CCN(CCCCCCCc4ccc5c(c4)n(C)c(=O)n5C4CCC(=O)NC4O)CC3)cc(C3=CCCN(C(=O)CCn4ccnn4)C3)cc2[nH]1. The Balaban J connectivity index is 0.827. The number of anilines is 1. The Morgan fingerprint density at radius 1 is 0.934 bits per heavy atom. The first-order chi connectivity index (χ1) is 29.5. The normalized spacial score (nSPS) is 18.8. The van der Waals surface area contributed by atoms with Gasteiger partial charge >= 0.3 is 5.69 Å². The molecule has 0 saturated carbocycles. The van der Waals surface area contributed by atoms with E-state index < -0.39 is 12.3 Å². The second-order valence-electron chi connectivity index (χ2n) is 17.1. The lowest BCUT2D eigenvalue weighted by molar-refractivity contribution is -0.131. The van der Waals surface area contributed by atoms with Crippen LogP contribution in [0.5, 0.6) is 0 Å². The zero-order chi connectivity index (χ0) is 42.6. The number of nitrogens with one attached hydrogen (secondary N) is 2. The summed E-state index contributed by atoms with van der Waals surface area (Å²) in [7, 11) is 5.30. The third kappa shape index (κ3) is 9.30. The fourth-order valence-electron chi connectivity index (χ4n) is 9.24. The molecule has 8 rings (SSSR count). The second-order valence-corrected chi connectivity index (χ2v) is 17.1. The fraction of sp³-hybridized carbons (Fsp3) is 0.511. The molecule has 0 spiro atoms. The molecule has 0 radical (unpaired) electrons. The quantitative estimate of drug-likeness (QED) is 0.133. The van der Waals surface area contributed by atoms with Gasteiger partial charge in [-0.05, 0) is 85.7 Å². The lowest BCUT2D eigenvalue weighted by Gasteiger charge is -2.37. The first-order valence-corrected chi connectivity index (χ1v) is 21.9. The van der Waals surface area contributed by atoms with Gasteiger partial charge in [0, 0.05) is 96.0 Å². The molecule has 3 aliphatic heterocycles. The fourth-order valence-corrected chi connectivity index (χ4v) is 9.24. The van der Waals surface area contributed by atoms with E-state index in [1.165, 1.54) is 18.4 Å². The lowest BCUT2D eigenvalue weighted by Crippen LogP contribution is -2.47. The molecular formula is C45H59N11O5. The van der Waals surface area contributed by atoms with Crippen LogP contribution >= 0.6 is 0 Å². The van der Waals surface area contributed by atoms with Crippen LogP contribution in [0, 0.1) is 0 Å². The summed E-state index contributed by atoms with van der Waals surface area (Å²) in [4.78, 5) is 63.1. The summed E-state index contributed by atoms with van der Waals surface area (Å²) >= 11 is 0. The van der Waals surface area contributed by atoms with E-state index in [9.17, 15) is 24.3 Å². The summed E-state index contributed by atoms with van der Waals surface area (Å²) in [6.45, 7) is 6.53. The van der Waals surface area contributed by atoms with Gasteiger partial charge in [0.25, 0.3) is 5.91 Å². The summed E-state index contributed by atoms with van der Waals surface area (Å²) in [5, 5.41) is 21.9. The van der Waals surface area contributed by atoms with Gasteiger partial charge in [-0.3, -0.25) is 33.1 Å². The molecule has 2 fully saturated rings. The standard InChI is InChI=1S/C45H59N11O5/c1-50(2)44(60)36-29-34-35(47-36)27-33(32-11-9-19-54(30-32)42(58)16-20-55-21-17-46-49-55)28-39(34)53-24-22-52(23-25-53)18-8-6-4-5-7-10-31-12-13-37-40(26-31)51(3)45(61)56(37)38-14-15-41(57)48-43(38)59/h11-13,17,21,26-29,38,43,47,59H,4-10,14-16,18-20,22-25,30H2,1-3H3,(H,48,57). The minimum atomic E-state index is -1.08. The predicted octanol–water partition coefficient (Wildman–Crippen LogP) is 3.91. The van der Waals surface area contributed by atoms with Crippen LogP contribution in [-0.2, 0) is 29.6 Å². The number of imidazole rings is 1. The van der Waals surface area contributed by atoms with Crippen molar-refractivity contribution in [2.75, 3.05) is 64.8 Å². The highest BCUT2D eigenvalue weighted by Crippen LogP contribution is 2.35. The molecule has 16 heteroatoms. The van der Waals surface area contributed by atoms with Crippen molar-refractivity contribution in [1.82, 2.24) is 49.1 Å². The second kappa shape index (κ2) is 18.5. The van der Waals surface area contributed by atoms with Crippen LogP contribution < -0.4 is 15.9 Å². The largest absolute Gasteiger partial charge is 0.372 e. The van der Waals surface area contributed by atoms with Crippen molar-refractivity contribution >= 4 is 50.9 Å². The average molecular weight is 834 g/mol. The van der Waals surface area contributed by atoms with Crippen molar-refractivity contribution < 1.29 is 19.5 Å². The molecule has 2 atom stereocenters. The first kappa shape index (κ1) is 42.0. The highest BCUT2D eigenvalue weighted by atomic mass is 16.3. The molecule has 2 saturated heterocycles. The summed E-state index contributed by atoms with van der Waals surface area (Å²) in [6.07, 6.45) is 13.1. The van der Waals surface area contributed by atoms with E-state index in [0.717, 1.165) is 104 Å². The van der Waals surface area contributed by atoms with Crippen LogP contribution in [0.4, 0.5) is 5.69 Å². The molecule has 0 bridgehead atoms. The van der Waals surface area contributed by atoms with Gasteiger partial charge in [0.2, 0.25) is 11.8 Å². The van der Waals surface area contributed by atoms with Gasteiger partial charge in [0.15, 0.2) is 0 Å². The van der Waals surface area contributed by atoms with Crippen molar-refractivity contribution in [3.8, 4) is 0 Å². The lowest BCUT2D eigenvalue weighted by atomic mass is 9.98. The number of piperazine rings is 1. The van der Waals surface area contributed by atoms with Gasteiger partial charge in [-0.15, -0.1) is 5.10 Å². The van der Waals surface area contributed by atoms with E-state index in [1.807, 2.05) is 17.0 Å². The Morgan fingerprint density at radius 2 is 1.74 bits per heavy atom. The molecule has 3 N–H and O–H groups in total. The van der Waals surface area contributed by atoms with Crippen LogP contribution in [0.3, 0.4) is 0 Å². The number of aromatic nitrogens is 6. The van der Waals surface area contributed by atoms with Gasteiger partial charge in [0.1, 0.15) is 11.9 Å². The molecule has 5 aromatic rings. The topological polar surface area (TPSA) is 170 Å². The van der Waals surface area contributed by atoms with Gasteiger partial charge in [-0.25, -0.2) is 4.79 Å². The number of aryl methyl sites for hydroxylation is 3. The highest BCUT2D eigenvalue weighted by molar-refractivity contribution is 6.03. The molecule has 61 heavy (non-hydrogen) atoms. The molecule has 2 unspecified atom stereocenters. The minimum Gasteiger partial charge on any atom is -0.372 e. The van der Waals surface area contributed by atoms with Gasteiger partial charge in [-0.1, -0.05) is 36.6 Å². The van der Waals surface area contributed by atoms with Crippen molar-refractivity contribution in [2.24, 2.45) is 7.05 Å². The zero-order valence-electron chi connectivity index (χ0n) is 35.7. The predicted molar refractivity (Wildman–Crippen MR) is 235 cm³/mol. The van der Waals surface area contributed by atoms with Gasteiger partial charge in [-0.2, -0.15) is 0 Å². The number of fused-ring (bicyclic) bond motifs is 2. The first-order valence-electron chi connectivity index (χ1n) is 21.9. The maximum atomic E-state index is 13.2. The third-order valence-corrected chi connectivity index (χ3v) is 12.7. The molecule has 324 valence electrons. The number of aliphatic hydroxyl groups excluding tert-OH is 1. The summed E-state index contributed by atoms with van der Waals surface area (Å²) < 4.78 is 4.96. The number of hydrogen-bond acceptors (Lipinski definition) is 9. The number of nitrogens with zero attached hydrogens (tertiary/aromatic N) is 9.